The van der Waals surface area contributed by atoms with Crippen LogP contribution in [-0.2, 0) is 12.2 Å². The second-order valence-corrected chi connectivity index (χ2v) is 4.85. The third kappa shape index (κ3) is 3.37. The van der Waals surface area contributed by atoms with Crippen molar-refractivity contribution in [1.29, 1.82) is 0 Å². The Kier molecular flexibility index (Phi) is 5.60. The van der Waals surface area contributed by atoms with Gasteiger partial charge in [-0.2, -0.15) is 11.8 Å². The highest BCUT2D eigenvalue weighted by atomic mass is 32.2. The minimum Gasteiger partial charge on any atom is -0.370 e. The summed E-state index contributed by atoms with van der Waals surface area (Å²) in [4.78, 5) is 9.14. The lowest BCUT2D eigenvalue weighted by atomic mass is 10.1. The predicted molar refractivity (Wildman–Crippen MR) is 72.1 cm³/mol. The van der Waals surface area contributed by atoms with Crippen molar-refractivity contribution in [3.05, 3.63) is 17.1 Å². The Morgan fingerprint density at radius 2 is 1.94 bits per heavy atom. The van der Waals surface area contributed by atoms with Gasteiger partial charge in [-0.3, -0.25) is 0 Å². The molecule has 1 heterocycles. The molecule has 0 unspecified atom stereocenters. The molecule has 0 fully saturated rings. The van der Waals surface area contributed by atoms with Crippen LogP contribution in [0.25, 0.3) is 0 Å². The van der Waals surface area contributed by atoms with Crippen LogP contribution in [0, 0.1) is 6.92 Å². The summed E-state index contributed by atoms with van der Waals surface area (Å²) in [7, 11) is 0. The van der Waals surface area contributed by atoms with Crippen molar-refractivity contribution >= 4 is 17.6 Å². The van der Waals surface area contributed by atoms with Crippen molar-refractivity contribution in [3.8, 4) is 0 Å². The maximum absolute atomic E-state index is 4.59. The summed E-state index contributed by atoms with van der Waals surface area (Å²) in [5.41, 5.74) is 2.35. The average Bonchev–Trinajstić information content (AvgIpc) is 2.26. The second kappa shape index (κ2) is 6.74. The summed E-state index contributed by atoms with van der Waals surface area (Å²) in [6, 6.07) is 0. The quantitative estimate of drug-likeness (QED) is 0.828. The van der Waals surface area contributed by atoms with Gasteiger partial charge < -0.3 is 5.32 Å². The highest BCUT2D eigenvalue weighted by Gasteiger charge is 2.09. The van der Waals surface area contributed by atoms with Gasteiger partial charge in [-0.15, -0.1) is 0 Å². The number of hydrogen-bond acceptors (Lipinski definition) is 4. The molecule has 1 aromatic heterocycles. The lowest BCUT2D eigenvalue weighted by Gasteiger charge is -2.12. The van der Waals surface area contributed by atoms with Gasteiger partial charge in [-0.25, -0.2) is 9.97 Å². The molecule has 1 N–H and O–H groups in total. The maximum atomic E-state index is 4.59. The molecule has 0 bridgehead atoms. The molecule has 0 saturated heterocycles. The van der Waals surface area contributed by atoms with Gasteiger partial charge >= 0.3 is 0 Å². The summed E-state index contributed by atoms with van der Waals surface area (Å²) >= 11 is 1.86. The molecule has 0 saturated carbocycles. The summed E-state index contributed by atoms with van der Waals surface area (Å²) in [6.45, 7) is 9.37. The molecule has 0 aromatic carbocycles. The van der Waals surface area contributed by atoms with E-state index in [-0.39, 0.29) is 0 Å². The summed E-state index contributed by atoms with van der Waals surface area (Å²) in [6.07, 6.45) is 0.982. The van der Waals surface area contributed by atoms with Gasteiger partial charge in [0.2, 0.25) is 0 Å². The molecule has 0 aliphatic rings. The number of rotatable bonds is 6. The van der Waals surface area contributed by atoms with Gasteiger partial charge in [0.05, 0.1) is 5.75 Å². The smallest absolute Gasteiger partial charge is 0.140 e. The molecule has 16 heavy (non-hydrogen) atoms. The number of aryl methyl sites for hydroxylation is 1. The molecule has 4 heteroatoms. The predicted octanol–water partition coefficient (Wildman–Crippen LogP) is 3.03. The molecule has 0 amide bonds. The number of aromatic nitrogens is 2. The zero-order chi connectivity index (χ0) is 12.0. The number of nitrogens with zero attached hydrogens (tertiary/aromatic N) is 2. The van der Waals surface area contributed by atoms with E-state index >= 15 is 0 Å². The summed E-state index contributed by atoms with van der Waals surface area (Å²) in [5, 5.41) is 3.32. The third-order valence-corrected chi connectivity index (χ3v) is 3.26. The van der Waals surface area contributed by atoms with E-state index in [4.69, 9.17) is 0 Å². The Morgan fingerprint density at radius 3 is 2.50 bits per heavy atom. The minimum absolute atomic E-state index is 0.903. The largest absolute Gasteiger partial charge is 0.370 e. The van der Waals surface area contributed by atoms with E-state index in [2.05, 4.69) is 43.0 Å². The first kappa shape index (κ1) is 13.3. The first-order chi connectivity index (χ1) is 7.72. The molecule has 3 nitrogen and oxygen atoms in total. The Balaban J connectivity index is 2.97. The van der Waals surface area contributed by atoms with Crippen molar-refractivity contribution in [3.63, 3.8) is 0 Å². The summed E-state index contributed by atoms with van der Waals surface area (Å²) in [5.74, 6) is 3.97. The number of hydrogen-bond donors (Lipinski definition) is 1. The SMILES string of the molecule is CCNc1nc(CSCC)nc(C)c1CC. The van der Waals surface area contributed by atoms with Gasteiger partial charge in [0, 0.05) is 17.8 Å². The van der Waals surface area contributed by atoms with Gasteiger partial charge in [0.25, 0.3) is 0 Å². The van der Waals surface area contributed by atoms with Crippen LogP contribution in [0.15, 0.2) is 0 Å². The summed E-state index contributed by atoms with van der Waals surface area (Å²) < 4.78 is 0. The average molecular weight is 239 g/mol. The van der Waals surface area contributed by atoms with Crippen molar-refractivity contribution in [1.82, 2.24) is 9.97 Å². The maximum Gasteiger partial charge on any atom is 0.140 e. The van der Waals surface area contributed by atoms with Crippen molar-refractivity contribution in [2.45, 2.75) is 39.9 Å². The standard InChI is InChI=1S/C12H21N3S/c1-5-10-9(4)14-11(8-16-7-3)15-12(10)13-6-2/h5-8H2,1-4H3,(H,13,14,15). The first-order valence-corrected chi connectivity index (χ1v) is 7.06. The zero-order valence-electron chi connectivity index (χ0n) is 10.6. The van der Waals surface area contributed by atoms with Gasteiger partial charge in [-0.1, -0.05) is 13.8 Å². The second-order valence-electron chi connectivity index (χ2n) is 3.57. The van der Waals surface area contributed by atoms with Crippen LogP contribution in [0.1, 0.15) is 37.9 Å². The molecule has 0 aliphatic carbocycles. The van der Waals surface area contributed by atoms with Gasteiger partial charge in [0.15, 0.2) is 0 Å². The lowest BCUT2D eigenvalue weighted by molar-refractivity contribution is 0.932. The Labute approximate surface area is 102 Å². The monoisotopic (exact) mass is 239 g/mol. The van der Waals surface area contributed by atoms with E-state index in [1.54, 1.807) is 0 Å². The highest BCUT2D eigenvalue weighted by molar-refractivity contribution is 7.98. The van der Waals surface area contributed by atoms with E-state index in [1.165, 1.54) is 5.56 Å². The minimum atomic E-state index is 0.903. The Bertz CT molecular complexity index is 339. The Hall–Kier alpha value is -0.770. The molecular weight excluding hydrogens is 218 g/mol. The fourth-order valence-electron chi connectivity index (χ4n) is 1.65. The molecule has 0 atom stereocenters. The van der Waals surface area contributed by atoms with Crippen LogP contribution in [0.2, 0.25) is 0 Å². The molecule has 0 radical (unpaired) electrons. The van der Waals surface area contributed by atoms with E-state index < -0.39 is 0 Å². The highest BCUT2D eigenvalue weighted by Crippen LogP contribution is 2.18. The fourth-order valence-corrected chi connectivity index (χ4v) is 2.16. The molecule has 1 rings (SSSR count). The molecular formula is C12H21N3S. The third-order valence-electron chi connectivity index (χ3n) is 2.39. The van der Waals surface area contributed by atoms with Crippen LogP contribution in [-0.4, -0.2) is 22.3 Å². The molecule has 0 spiro atoms. The molecule has 90 valence electrons. The normalized spacial score (nSPS) is 10.5. The van der Waals surface area contributed by atoms with Gasteiger partial charge in [0.1, 0.15) is 11.6 Å². The van der Waals surface area contributed by atoms with Crippen molar-refractivity contribution < 1.29 is 0 Å². The number of thioether (sulfide) groups is 1. The van der Waals surface area contributed by atoms with E-state index in [0.717, 1.165) is 41.8 Å². The first-order valence-electron chi connectivity index (χ1n) is 5.90. The van der Waals surface area contributed by atoms with Crippen LogP contribution >= 0.6 is 11.8 Å². The van der Waals surface area contributed by atoms with Crippen LogP contribution in [0.3, 0.4) is 0 Å². The fraction of sp³-hybridized carbons (Fsp3) is 0.667. The van der Waals surface area contributed by atoms with E-state index in [1.807, 2.05) is 11.8 Å². The van der Waals surface area contributed by atoms with Crippen LogP contribution in [0.5, 0.6) is 0 Å². The van der Waals surface area contributed by atoms with Crippen LogP contribution in [0.4, 0.5) is 5.82 Å². The number of nitrogens with one attached hydrogen (secondary N) is 1. The molecule has 0 aliphatic heterocycles. The Morgan fingerprint density at radius 1 is 1.19 bits per heavy atom. The molecule has 1 aromatic rings. The van der Waals surface area contributed by atoms with Crippen LogP contribution < -0.4 is 5.32 Å². The number of anilines is 1. The zero-order valence-corrected chi connectivity index (χ0v) is 11.4. The lowest BCUT2D eigenvalue weighted by Crippen LogP contribution is -2.09. The van der Waals surface area contributed by atoms with Crippen molar-refractivity contribution in [2.24, 2.45) is 0 Å². The van der Waals surface area contributed by atoms with Crippen molar-refractivity contribution in [2.75, 3.05) is 17.6 Å². The van der Waals surface area contributed by atoms with E-state index in [9.17, 15) is 0 Å². The van der Waals surface area contributed by atoms with E-state index in [0.29, 0.717) is 0 Å². The van der Waals surface area contributed by atoms with Gasteiger partial charge in [-0.05, 0) is 26.0 Å². The topological polar surface area (TPSA) is 37.8 Å².